The number of carbonyl (C=O) groups is 2. The van der Waals surface area contributed by atoms with Crippen LogP contribution in [0.3, 0.4) is 0 Å². The first kappa shape index (κ1) is 13.7. The van der Waals surface area contributed by atoms with Crippen LogP contribution in [0.2, 0.25) is 0 Å². The molecule has 0 aliphatic heterocycles. The van der Waals surface area contributed by atoms with Gasteiger partial charge >= 0.3 is 6.03 Å². The molecule has 17 heavy (non-hydrogen) atoms. The number of carbonyl (C=O) groups excluding carboxylic acids is 2. The Kier molecular flexibility index (Phi) is 5.11. The molecule has 1 rings (SSSR count). The Labute approximate surface area is 104 Å². The zero-order chi connectivity index (χ0) is 12.8. The van der Waals surface area contributed by atoms with Gasteiger partial charge in [-0.3, -0.25) is 15.4 Å². The fourth-order valence-electron chi connectivity index (χ4n) is 1.50. The molecule has 2 unspecified atom stereocenters. The van der Waals surface area contributed by atoms with E-state index in [2.05, 4.69) is 10.6 Å². The van der Waals surface area contributed by atoms with Crippen molar-refractivity contribution in [2.24, 2.45) is 5.73 Å². The SMILES string of the molecule is CCC(NC(C)C(=O)NC(N)=O)c1cccs1. The van der Waals surface area contributed by atoms with E-state index in [9.17, 15) is 9.59 Å². The second-order valence-electron chi connectivity index (χ2n) is 3.72. The molecule has 0 saturated carbocycles. The van der Waals surface area contributed by atoms with E-state index in [1.54, 1.807) is 18.3 Å². The van der Waals surface area contributed by atoms with Gasteiger partial charge in [-0.25, -0.2) is 4.79 Å². The van der Waals surface area contributed by atoms with Crippen molar-refractivity contribution in [3.63, 3.8) is 0 Å². The molecule has 0 radical (unpaired) electrons. The molecule has 1 heterocycles. The molecule has 0 saturated heterocycles. The summed E-state index contributed by atoms with van der Waals surface area (Å²) in [6.07, 6.45) is 0.870. The van der Waals surface area contributed by atoms with Crippen molar-refractivity contribution in [1.29, 1.82) is 0 Å². The number of nitrogens with two attached hydrogens (primary N) is 1. The second kappa shape index (κ2) is 6.36. The highest BCUT2D eigenvalue weighted by molar-refractivity contribution is 7.10. The fraction of sp³-hybridized carbons (Fsp3) is 0.455. The maximum absolute atomic E-state index is 11.5. The number of primary amides is 1. The summed E-state index contributed by atoms with van der Waals surface area (Å²) >= 11 is 1.64. The van der Waals surface area contributed by atoms with Gasteiger partial charge in [-0.15, -0.1) is 11.3 Å². The molecule has 5 nitrogen and oxygen atoms in total. The molecule has 0 spiro atoms. The Bertz CT molecular complexity index is 378. The molecule has 2 atom stereocenters. The van der Waals surface area contributed by atoms with E-state index in [1.807, 2.05) is 24.4 Å². The molecule has 0 aliphatic carbocycles. The minimum atomic E-state index is -0.826. The van der Waals surface area contributed by atoms with Crippen LogP contribution < -0.4 is 16.4 Å². The Morgan fingerprint density at radius 2 is 2.24 bits per heavy atom. The average molecular weight is 255 g/mol. The largest absolute Gasteiger partial charge is 0.351 e. The van der Waals surface area contributed by atoms with Crippen molar-refractivity contribution in [3.8, 4) is 0 Å². The summed E-state index contributed by atoms with van der Waals surface area (Å²) in [7, 11) is 0. The van der Waals surface area contributed by atoms with Crippen LogP contribution >= 0.6 is 11.3 Å². The highest BCUT2D eigenvalue weighted by Crippen LogP contribution is 2.22. The van der Waals surface area contributed by atoms with Crippen LogP contribution in [-0.2, 0) is 4.79 Å². The third-order valence-electron chi connectivity index (χ3n) is 2.39. The lowest BCUT2D eigenvalue weighted by atomic mass is 10.1. The third-order valence-corrected chi connectivity index (χ3v) is 3.37. The number of hydrogen-bond donors (Lipinski definition) is 3. The molecule has 6 heteroatoms. The van der Waals surface area contributed by atoms with Crippen LogP contribution in [-0.4, -0.2) is 18.0 Å². The van der Waals surface area contributed by atoms with Crippen LogP contribution in [0.15, 0.2) is 17.5 Å². The molecular formula is C11H17N3O2S. The second-order valence-corrected chi connectivity index (χ2v) is 4.70. The number of nitrogens with one attached hydrogen (secondary N) is 2. The summed E-state index contributed by atoms with van der Waals surface area (Å²) < 4.78 is 0. The quantitative estimate of drug-likeness (QED) is 0.743. The van der Waals surface area contributed by atoms with Crippen molar-refractivity contribution in [2.75, 3.05) is 0 Å². The zero-order valence-corrected chi connectivity index (χ0v) is 10.7. The highest BCUT2D eigenvalue weighted by atomic mass is 32.1. The standard InChI is InChI=1S/C11H17N3O2S/c1-3-8(9-5-4-6-17-9)13-7(2)10(15)14-11(12)16/h4-8,13H,3H2,1-2H3,(H3,12,14,15,16). The van der Waals surface area contributed by atoms with Crippen LogP contribution in [0, 0.1) is 0 Å². The zero-order valence-electron chi connectivity index (χ0n) is 9.90. The third kappa shape index (κ3) is 4.16. The van der Waals surface area contributed by atoms with Crippen molar-refractivity contribution in [3.05, 3.63) is 22.4 Å². The number of thiophene rings is 1. The Hall–Kier alpha value is -1.40. The number of hydrogen-bond acceptors (Lipinski definition) is 4. The van der Waals surface area contributed by atoms with Crippen molar-refractivity contribution >= 4 is 23.3 Å². The molecular weight excluding hydrogens is 238 g/mol. The van der Waals surface area contributed by atoms with Gasteiger partial charge in [0.1, 0.15) is 0 Å². The van der Waals surface area contributed by atoms with Gasteiger partial charge in [-0.05, 0) is 24.8 Å². The summed E-state index contributed by atoms with van der Waals surface area (Å²) in [5, 5.41) is 7.22. The summed E-state index contributed by atoms with van der Waals surface area (Å²) in [6, 6.07) is 2.81. The molecule has 1 aromatic heterocycles. The lowest BCUT2D eigenvalue weighted by molar-refractivity contribution is -0.121. The van der Waals surface area contributed by atoms with Gasteiger partial charge in [0.15, 0.2) is 0 Å². The van der Waals surface area contributed by atoms with Gasteiger partial charge in [0, 0.05) is 10.9 Å². The lowest BCUT2D eigenvalue weighted by Crippen LogP contribution is -2.47. The highest BCUT2D eigenvalue weighted by Gasteiger charge is 2.19. The van der Waals surface area contributed by atoms with Crippen molar-refractivity contribution < 1.29 is 9.59 Å². The van der Waals surface area contributed by atoms with E-state index in [0.717, 1.165) is 6.42 Å². The molecule has 3 amide bonds. The first-order valence-corrected chi connectivity index (χ1v) is 6.32. The first-order valence-electron chi connectivity index (χ1n) is 5.44. The lowest BCUT2D eigenvalue weighted by Gasteiger charge is -2.20. The molecule has 0 fully saturated rings. The summed E-state index contributed by atoms with van der Waals surface area (Å²) in [4.78, 5) is 23.2. The van der Waals surface area contributed by atoms with Crippen LogP contribution in [0.4, 0.5) is 4.79 Å². The summed E-state index contributed by atoms with van der Waals surface area (Å²) in [5.41, 5.74) is 4.89. The van der Waals surface area contributed by atoms with Gasteiger partial charge in [0.25, 0.3) is 0 Å². The van der Waals surface area contributed by atoms with Crippen LogP contribution in [0.1, 0.15) is 31.2 Å². The number of urea groups is 1. The number of imide groups is 1. The summed E-state index contributed by atoms with van der Waals surface area (Å²) in [6.45, 7) is 3.74. The Morgan fingerprint density at radius 3 is 2.71 bits per heavy atom. The number of rotatable bonds is 5. The monoisotopic (exact) mass is 255 g/mol. The maximum Gasteiger partial charge on any atom is 0.318 e. The van der Waals surface area contributed by atoms with Gasteiger partial charge < -0.3 is 5.73 Å². The average Bonchev–Trinajstić information content (AvgIpc) is 2.77. The minimum Gasteiger partial charge on any atom is -0.351 e. The minimum absolute atomic E-state index is 0.114. The topological polar surface area (TPSA) is 84.2 Å². The van der Waals surface area contributed by atoms with E-state index in [1.165, 1.54) is 4.88 Å². The summed E-state index contributed by atoms with van der Waals surface area (Å²) in [5.74, 6) is -0.410. The molecule has 0 aromatic carbocycles. The van der Waals surface area contributed by atoms with E-state index in [-0.39, 0.29) is 6.04 Å². The molecule has 0 bridgehead atoms. The van der Waals surface area contributed by atoms with E-state index in [0.29, 0.717) is 0 Å². The first-order chi connectivity index (χ1) is 8.04. The maximum atomic E-state index is 11.5. The Balaban J connectivity index is 2.57. The van der Waals surface area contributed by atoms with E-state index in [4.69, 9.17) is 5.73 Å². The normalized spacial score (nSPS) is 14.0. The fourth-order valence-corrected chi connectivity index (χ4v) is 2.37. The molecule has 94 valence electrons. The molecule has 4 N–H and O–H groups in total. The van der Waals surface area contributed by atoms with Gasteiger partial charge in [-0.2, -0.15) is 0 Å². The molecule has 1 aromatic rings. The van der Waals surface area contributed by atoms with Crippen molar-refractivity contribution in [2.45, 2.75) is 32.4 Å². The van der Waals surface area contributed by atoms with E-state index >= 15 is 0 Å². The van der Waals surface area contributed by atoms with Crippen LogP contribution in [0.25, 0.3) is 0 Å². The number of amides is 3. The molecule has 0 aliphatic rings. The smallest absolute Gasteiger partial charge is 0.318 e. The van der Waals surface area contributed by atoms with Gasteiger partial charge in [0.2, 0.25) is 5.91 Å². The van der Waals surface area contributed by atoms with Gasteiger partial charge in [0.05, 0.1) is 6.04 Å². The predicted octanol–water partition coefficient (Wildman–Crippen LogP) is 1.37. The predicted molar refractivity (Wildman–Crippen MR) is 67.7 cm³/mol. The van der Waals surface area contributed by atoms with Gasteiger partial charge in [-0.1, -0.05) is 13.0 Å². The van der Waals surface area contributed by atoms with E-state index < -0.39 is 18.0 Å². The van der Waals surface area contributed by atoms with Crippen molar-refractivity contribution in [1.82, 2.24) is 10.6 Å². The Morgan fingerprint density at radius 1 is 1.53 bits per heavy atom. The van der Waals surface area contributed by atoms with Crippen LogP contribution in [0.5, 0.6) is 0 Å².